The number of anilines is 2. The molecule has 24 heavy (non-hydrogen) atoms. The van der Waals surface area contributed by atoms with Crippen LogP contribution in [0.2, 0.25) is 0 Å². The van der Waals surface area contributed by atoms with Crippen molar-refractivity contribution in [3.05, 3.63) is 47.3 Å². The predicted molar refractivity (Wildman–Crippen MR) is 97.3 cm³/mol. The largest absolute Gasteiger partial charge is 0.370 e. The number of hydrogen-bond acceptors (Lipinski definition) is 5. The van der Waals surface area contributed by atoms with Gasteiger partial charge in [0.25, 0.3) is 0 Å². The van der Waals surface area contributed by atoms with Gasteiger partial charge in [0.1, 0.15) is 17.5 Å². The van der Waals surface area contributed by atoms with E-state index in [2.05, 4.69) is 25.9 Å². The van der Waals surface area contributed by atoms with Crippen molar-refractivity contribution in [3.8, 4) is 0 Å². The molecule has 0 atom stereocenters. The van der Waals surface area contributed by atoms with Crippen LogP contribution in [-0.2, 0) is 11.2 Å². The number of carbonyl (C=O) groups is 1. The molecule has 0 spiro atoms. The van der Waals surface area contributed by atoms with Crippen molar-refractivity contribution in [2.75, 3.05) is 30.3 Å². The minimum absolute atomic E-state index is 0.0228. The highest BCUT2D eigenvalue weighted by Crippen LogP contribution is 2.10. The van der Waals surface area contributed by atoms with Crippen molar-refractivity contribution in [1.29, 1.82) is 0 Å². The van der Waals surface area contributed by atoms with Crippen LogP contribution in [-0.4, -0.2) is 35.5 Å². The first-order chi connectivity index (χ1) is 11.6. The molecule has 6 heteroatoms. The monoisotopic (exact) mass is 327 g/mol. The zero-order valence-corrected chi connectivity index (χ0v) is 14.5. The Balaban J connectivity index is 1.75. The molecule has 1 aromatic carbocycles. The van der Waals surface area contributed by atoms with E-state index >= 15 is 0 Å². The lowest BCUT2D eigenvalue weighted by Gasteiger charge is -2.10. The molecule has 6 nitrogen and oxygen atoms in total. The Labute approximate surface area is 143 Å². The minimum Gasteiger partial charge on any atom is -0.370 e. The molecule has 0 radical (unpaired) electrons. The highest BCUT2D eigenvalue weighted by Gasteiger charge is 2.04. The highest BCUT2D eigenvalue weighted by molar-refractivity contribution is 5.78. The molecule has 0 saturated carbocycles. The maximum absolute atomic E-state index is 12.0. The van der Waals surface area contributed by atoms with Crippen LogP contribution in [0, 0.1) is 13.8 Å². The number of rotatable bonds is 8. The summed E-state index contributed by atoms with van der Waals surface area (Å²) in [6.45, 7) is 7.87. The SMILES string of the molecule is CCNc1cc(NCCNC(=O)Cc2cccc(C)c2)nc(C)n1. The molecule has 1 amide bonds. The van der Waals surface area contributed by atoms with E-state index in [9.17, 15) is 4.79 Å². The van der Waals surface area contributed by atoms with Gasteiger partial charge in [0.05, 0.1) is 6.42 Å². The fraction of sp³-hybridized carbons (Fsp3) is 0.389. The molecule has 0 aliphatic rings. The van der Waals surface area contributed by atoms with Gasteiger partial charge >= 0.3 is 0 Å². The van der Waals surface area contributed by atoms with E-state index in [-0.39, 0.29) is 5.91 Å². The number of hydrogen-bond donors (Lipinski definition) is 3. The van der Waals surface area contributed by atoms with Crippen molar-refractivity contribution in [3.63, 3.8) is 0 Å². The summed E-state index contributed by atoms with van der Waals surface area (Å²) in [5, 5.41) is 9.29. The Morgan fingerprint density at radius 2 is 1.79 bits per heavy atom. The second-order valence-electron chi connectivity index (χ2n) is 5.66. The van der Waals surface area contributed by atoms with Crippen LogP contribution in [0.1, 0.15) is 23.9 Å². The van der Waals surface area contributed by atoms with Gasteiger partial charge in [-0.25, -0.2) is 9.97 Å². The van der Waals surface area contributed by atoms with Gasteiger partial charge in [-0.15, -0.1) is 0 Å². The Bertz CT molecular complexity index is 687. The van der Waals surface area contributed by atoms with Gasteiger partial charge in [-0.05, 0) is 26.3 Å². The third-order valence-electron chi connectivity index (χ3n) is 3.40. The van der Waals surface area contributed by atoms with Crippen molar-refractivity contribution in [1.82, 2.24) is 15.3 Å². The van der Waals surface area contributed by atoms with Crippen LogP contribution >= 0.6 is 0 Å². The molecule has 0 bridgehead atoms. The van der Waals surface area contributed by atoms with E-state index in [1.807, 2.05) is 51.1 Å². The molecule has 0 unspecified atom stereocenters. The van der Waals surface area contributed by atoms with E-state index < -0.39 is 0 Å². The molecular weight excluding hydrogens is 302 g/mol. The summed E-state index contributed by atoms with van der Waals surface area (Å²) in [4.78, 5) is 20.6. The van der Waals surface area contributed by atoms with Gasteiger partial charge in [-0.3, -0.25) is 4.79 Å². The summed E-state index contributed by atoms with van der Waals surface area (Å²) in [7, 11) is 0. The Morgan fingerprint density at radius 1 is 1.04 bits per heavy atom. The molecule has 0 aliphatic carbocycles. The summed E-state index contributed by atoms with van der Waals surface area (Å²) in [5.74, 6) is 2.29. The normalized spacial score (nSPS) is 10.3. The van der Waals surface area contributed by atoms with Gasteiger partial charge in [-0.1, -0.05) is 29.8 Å². The van der Waals surface area contributed by atoms with Crippen LogP contribution in [0.5, 0.6) is 0 Å². The zero-order chi connectivity index (χ0) is 17.4. The molecular formula is C18H25N5O. The Hall–Kier alpha value is -2.63. The molecule has 0 aliphatic heterocycles. The van der Waals surface area contributed by atoms with Crippen molar-refractivity contribution in [2.45, 2.75) is 27.2 Å². The Kier molecular flexibility index (Phi) is 6.54. The first kappa shape index (κ1) is 17.7. The van der Waals surface area contributed by atoms with Crippen LogP contribution in [0.15, 0.2) is 30.3 Å². The third kappa shape index (κ3) is 5.87. The van der Waals surface area contributed by atoms with E-state index in [0.29, 0.717) is 25.3 Å². The molecule has 0 fully saturated rings. The third-order valence-corrected chi connectivity index (χ3v) is 3.40. The second-order valence-corrected chi connectivity index (χ2v) is 5.66. The van der Waals surface area contributed by atoms with Gasteiger partial charge in [0.15, 0.2) is 0 Å². The topological polar surface area (TPSA) is 78.9 Å². The summed E-state index contributed by atoms with van der Waals surface area (Å²) in [6.07, 6.45) is 0.402. The predicted octanol–water partition coefficient (Wildman–Crippen LogP) is 2.30. The summed E-state index contributed by atoms with van der Waals surface area (Å²) in [5.41, 5.74) is 2.19. The van der Waals surface area contributed by atoms with E-state index in [1.165, 1.54) is 0 Å². The summed E-state index contributed by atoms with van der Waals surface area (Å²) < 4.78 is 0. The molecule has 1 aromatic heterocycles. The number of benzene rings is 1. The maximum Gasteiger partial charge on any atom is 0.224 e. The minimum atomic E-state index is 0.0228. The lowest BCUT2D eigenvalue weighted by molar-refractivity contribution is -0.120. The number of amides is 1. The number of nitrogens with one attached hydrogen (secondary N) is 3. The summed E-state index contributed by atoms with van der Waals surface area (Å²) >= 11 is 0. The van der Waals surface area contributed by atoms with Crippen LogP contribution < -0.4 is 16.0 Å². The van der Waals surface area contributed by atoms with Gasteiger partial charge in [0, 0.05) is 25.7 Å². The van der Waals surface area contributed by atoms with Crippen LogP contribution in [0.3, 0.4) is 0 Å². The van der Waals surface area contributed by atoms with Crippen LogP contribution in [0.25, 0.3) is 0 Å². The smallest absolute Gasteiger partial charge is 0.224 e. The quantitative estimate of drug-likeness (QED) is 0.648. The van der Waals surface area contributed by atoms with Gasteiger partial charge < -0.3 is 16.0 Å². The molecule has 2 rings (SSSR count). The van der Waals surface area contributed by atoms with Crippen molar-refractivity contribution >= 4 is 17.5 Å². The lowest BCUT2D eigenvalue weighted by Crippen LogP contribution is -2.30. The first-order valence-electron chi connectivity index (χ1n) is 8.22. The van der Waals surface area contributed by atoms with Gasteiger partial charge in [-0.2, -0.15) is 0 Å². The molecule has 0 saturated heterocycles. The molecule has 3 N–H and O–H groups in total. The number of aromatic nitrogens is 2. The lowest BCUT2D eigenvalue weighted by atomic mass is 10.1. The number of aryl methyl sites for hydroxylation is 2. The summed E-state index contributed by atoms with van der Waals surface area (Å²) in [6, 6.07) is 9.86. The molecule has 1 heterocycles. The van der Waals surface area contributed by atoms with Crippen LogP contribution in [0.4, 0.5) is 11.6 Å². The molecule has 2 aromatic rings. The number of carbonyl (C=O) groups excluding carboxylic acids is 1. The first-order valence-corrected chi connectivity index (χ1v) is 8.22. The standard InChI is InChI=1S/C18H25N5O/c1-4-19-16-12-17(23-14(3)22-16)20-8-9-21-18(24)11-15-7-5-6-13(2)10-15/h5-7,10,12H,4,8-9,11H2,1-3H3,(H,21,24)(H2,19,20,22,23). The highest BCUT2D eigenvalue weighted by atomic mass is 16.1. The van der Waals surface area contributed by atoms with E-state index in [0.717, 1.165) is 29.3 Å². The van der Waals surface area contributed by atoms with Gasteiger partial charge in [0.2, 0.25) is 5.91 Å². The second kappa shape index (κ2) is 8.86. The fourth-order valence-electron chi connectivity index (χ4n) is 2.39. The van der Waals surface area contributed by atoms with E-state index in [1.54, 1.807) is 0 Å². The Morgan fingerprint density at radius 3 is 2.50 bits per heavy atom. The molecule has 128 valence electrons. The average Bonchev–Trinajstić information content (AvgIpc) is 2.51. The van der Waals surface area contributed by atoms with Crippen molar-refractivity contribution in [2.24, 2.45) is 0 Å². The van der Waals surface area contributed by atoms with Crippen molar-refractivity contribution < 1.29 is 4.79 Å². The average molecular weight is 327 g/mol. The maximum atomic E-state index is 12.0. The fourth-order valence-corrected chi connectivity index (χ4v) is 2.39. The van der Waals surface area contributed by atoms with E-state index in [4.69, 9.17) is 0 Å². The number of nitrogens with zero attached hydrogens (tertiary/aromatic N) is 2. The zero-order valence-electron chi connectivity index (χ0n) is 14.5.